The average Bonchev–Trinajstić information content (AvgIpc) is 3.23. The van der Waals surface area contributed by atoms with Gasteiger partial charge in [0.15, 0.2) is 11.4 Å². The summed E-state index contributed by atoms with van der Waals surface area (Å²) < 4.78 is 2.37. The smallest absolute Gasteiger partial charge is 0.312 e. The number of thioether (sulfide) groups is 1. The number of nitrogens with zero attached hydrogens (tertiary/aromatic N) is 5. The fourth-order valence-corrected chi connectivity index (χ4v) is 5.20. The number of ketones is 1. The quantitative estimate of drug-likeness (QED) is 0.311. The second-order valence-corrected chi connectivity index (χ2v) is 11.2. The number of carbonyl (C=O) groups excluding carboxylic acids is 2. The number of fused-ring (bicyclic) bond motifs is 2. The van der Waals surface area contributed by atoms with Gasteiger partial charge in [-0.3, -0.25) is 23.5 Å². The normalized spacial score (nSPS) is 14.3. The number of aromatic nitrogens is 4. The molecule has 1 aliphatic rings. The number of benzene rings is 1. The lowest BCUT2D eigenvalue weighted by atomic mass is 9.96. The lowest BCUT2D eigenvalue weighted by molar-refractivity contribution is -0.116. The summed E-state index contributed by atoms with van der Waals surface area (Å²) in [6.07, 6.45) is 0.702. The third-order valence-electron chi connectivity index (χ3n) is 6.23. The van der Waals surface area contributed by atoms with Crippen LogP contribution < -0.4 is 16.1 Å². The Morgan fingerprint density at radius 2 is 1.77 bits per heavy atom. The summed E-state index contributed by atoms with van der Waals surface area (Å²) in [5.74, 6) is 0.357. The SMILES string of the molecule is CC(=O)N1CCc2cc(C(=O)C(C)Sc3nc(C(C)(C)C)nc4c3c(=O)n(C)c(=O)n4C)ccc21. The molecule has 3 heterocycles. The number of rotatable bonds is 4. The maximum absolute atomic E-state index is 13.4. The highest BCUT2D eigenvalue weighted by Gasteiger charge is 2.28. The number of carbonyl (C=O) groups is 2. The van der Waals surface area contributed by atoms with E-state index in [1.165, 1.54) is 30.3 Å². The molecule has 0 saturated carbocycles. The number of aryl methyl sites for hydroxylation is 1. The summed E-state index contributed by atoms with van der Waals surface area (Å²) >= 11 is 1.19. The molecule has 1 aromatic carbocycles. The van der Waals surface area contributed by atoms with E-state index in [1.807, 2.05) is 32.9 Å². The number of amides is 1. The molecule has 0 spiro atoms. The summed E-state index contributed by atoms with van der Waals surface area (Å²) in [4.78, 5) is 61.7. The number of hydrogen-bond acceptors (Lipinski definition) is 7. The molecule has 35 heavy (non-hydrogen) atoms. The third-order valence-corrected chi connectivity index (χ3v) is 7.32. The van der Waals surface area contributed by atoms with E-state index in [1.54, 1.807) is 24.9 Å². The largest absolute Gasteiger partial charge is 0.332 e. The molecule has 0 N–H and O–H groups in total. The molecule has 0 fully saturated rings. The molecule has 9 nitrogen and oxygen atoms in total. The van der Waals surface area contributed by atoms with Crippen molar-refractivity contribution in [1.29, 1.82) is 0 Å². The van der Waals surface area contributed by atoms with Crippen LogP contribution in [0.25, 0.3) is 11.0 Å². The summed E-state index contributed by atoms with van der Waals surface area (Å²) in [5, 5.41) is 0.0467. The number of anilines is 1. The van der Waals surface area contributed by atoms with Gasteiger partial charge >= 0.3 is 5.69 Å². The molecule has 10 heteroatoms. The Balaban J connectivity index is 1.76. The highest BCUT2D eigenvalue weighted by Crippen LogP contribution is 2.33. The van der Waals surface area contributed by atoms with Crippen LogP contribution in [0.5, 0.6) is 0 Å². The second kappa shape index (κ2) is 8.75. The van der Waals surface area contributed by atoms with Gasteiger partial charge in [-0.25, -0.2) is 14.8 Å². The van der Waals surface area contributed by atoms with Crippen LogP contribution in [0.2, 0.25) is 0 Å². The van der Waals surface area contributed by atoms with Crippen LogP contribution >= 0.6 is 11.8 Å². The van der Waals surface area contributed by atoms with E-state index in [-0.39, 0.29) is 22.7 Å². The Bertz CT molecular complexity index is 1500. The van der Waals surface area contributed by atoms with Gasteiger partial charge in [-0.1, -0.05) is 32.5 Å². The first kappa shape index (κ1) is 24.8. The van der Waals surface area contributed by atoms with Crippen molar-refractivity contribution >= 4 is 40.2 Å². The van der Waals surface area contributed by atoms with E-state index < -0.39 is 21.9 Å². The van der Waals surface area contributed by atoms with Crippen molar-refractivity contribution in [2.24, 2.45) is 14.1 Å². The van der Waals surface area contributed by atoms with Crippen LogP contribution in [0.15, 0.2) is 32.8 Å². The van der Waals surface area contributed by atoms with Gasteiger partial charge in [-0.15, -0.1) is 0 Å². The fraction of sp³-hybridized carbons (Fsp3) is 0.440. The van der Waals surface area contributed by atoms with Crippen LogP contribution in [0.1, 0.15) is 56.4 Å². The Morgan fingerprint density at radius 1 is 1.09 bits per heavy atom. The van der Waals surface area contributed by atoms with E-state index in [9.17, 15) is 19.2 Å². The van der Waals surface area contributed by atoms with Crippen molar-refractivity contribution in [3.05, 3.63) is 56.0 Å². The lowest BCUT2D eigenvalue weighted by Gasteiger charge is -2.20. The molecule has 1 amide bonds. The molecule has 2 aromatic heterocycles. The molecule has 0 aliphatic carbocycles. The standard InChI is InChI=1S/C25H29N5O4S/c1-13(19(32)16-8-9-17-15(12-16)10-11-30(17)14(2)31)35-21-18-20(26-23(27-21)25(3,4)5)28(6)24(34)29(7)22(18)33/h8-9,12-13H,10-11H2,1-7H3. The van der Waals surface area contributed by atoms with Crippen molar-refractivity contribution in [2.45, 2.75) is 56.7 Å². The molecule has 1 aliphatic heterocycles. The Labute approximate surface area is 207 Å². The van der Waals surface area contributed by atoms with E-state index >= 15 is 0 Å². The minimum absolute atomic E-state index is 0.0203. The zero-order chi connectivity index (χ0) is 25.8. The van der Waals surface area contributed by atoms with Gasteiger partial charge in [0.1, 0.15) is 16.2 Å². The van der Waals surface area contributed by atoms with E-state index in [4.69, 9.17) is 0 Å². The fourth-order valence-electron chi connectivity index (χ4n) is 4.19. The van der Waals surface area contributed by atoms with E-state index in [0.29, 0.717) is 29.4 Å². The van der Waals surface area contributed by atoms with E-state index in [0.717, 1.165) is 15.8 Å². The van der Waals surface area contributed by atoms with Crippen LogP contribution in [0.4, 0.5) is 5.69 Å². The first-order chi connectivity index (χ1) is 16.3. The number of hydrogen-bond donors (Lipinski definition) is 0. The zero-order valence-electron chi connectivity index (χ0n) is 21.0. The highest BCUT2D eigenvalue weighted by atomic mass is 32.2. The third kappa shape index (κ3) is 4.31. The van der Waals surface area contributed by atoms with E-state index in [2.05, 4.69) is 9.97 Å². The molecule has 0 bridgehead atoms. The van der Waals surface area contributed by atoms with Crippen molar-refractivity contribution in [3.63, 3.8) is 0 Å². The highest BCUT2D eigenvalue weighted by molar-refractivity contribution is 8.00. The van der Waals surface area contributed by atoms with Crippen LogP contribution in [-0.2, 0) is 30.7 Å². The molecule has 1 atom stereocenters. The van der Waals surface area contributed by atoms with Crippen LogP contribution in [0, 0.1) is 0 Å². The zero-order valence-corrected chi connectivity index (χ0v) is 21.8. The van der Waals surface area contributed by atoms with Crippen molar-refractivity contribution in [3.8, 4) is 0 Å². The van der Waals surface area contributed by atoms with Crippen molar-refractivity contribution < 1.29 is 9.59 Å². The summed E-state index contributed by atoms with van der Waals surface area (Å²) in [5.41, 5.74) is 1.21. The molecular formula is C25H29N5O4S. The first-order valence-electron chi connectivity index (χ1n) is 11.4. The Kier molecular flexibility index (Phi) is 6.21. The van der Waals surface area contributed by atoms with Gasteiger partial charge in [-0.05, 0) is 37.1 Å². The van der Waals surface area contributed by atoms with Crippen molar-refractivity contribution in [2.75, 3.05) is 11.4 Å². The van der Waals surface area contributed by atoms with Crippen molar-refractivity contribution in [1.82, 2.24) is 19.1 Å². The van der Waals surface area contributed by atoms with Gasteiger partial charge < -0.3 is 4.90 Å². The Hall–Kier alpha value is -3.27. The molecule has 3 aromatic rings. The van der Waals surface area contributed by atoms with Gasteiger partial charge in [0.25, 0.3) is 5.56 Å². The maximum atomic E-state index is 13.4. The monoisotopic (exact) mass is 495 g/mol. The molecule has 184 valence electrons. The van der Waals surface area contributed by atoms with Gasteiger partial charge in [-0.2, -0.15) is 0 Å². The second-order valence-electron chi connectivity index (χ2n) is 9.90. The minimum atomic E-state index is -0.550. The molecule has 4 rings (SSSR count). The van der Waals surface area contributed by atoms with Crippen LogP contribution in [0.3, 0.4) is 0 Å². The molecule has 0 radical (unpaired) electrons. The maximum Gasteiger partial charge on any atom is 0.332 e. The predicted octanol–water partition coefficient (Wildman–Crippen LogP) is 2.60. The van der Waals surface area contributed by atoms with Gasteiger partial charge in [0, 0.05) is 44.2 Å². The molecular weight excluding hydrogens is 466 g/mol. The molecule has 1 unspecified atom stereocenters. The topological polar surface area (TPSA) is 107 Å². The summed E-state index contributed by atoms with van der Waals surface area (Å²) in [6, 6.07) is 5.40. The Morgan fingerprint density at radius 3 is 2.40 bits per heavy atom. The van der Waals surface area contributed by atoms with Gasteiger partial charge in [0.05, 0.1) is 5.25 Å². The average molecular weight is 496 g/mol. The summed E-state index contributed by atoms with van der Waals surface area (Å²) in [7, 11) is 2.99. The number of Topliss-reactive ketones (excluding diaryl/α,β-unsaturated/α-hetero) is 1. The molecule has 0 saturated heterocycles. The summed E-state index contributed by atoms with van der Waals surface area (Å²) in [6.45, 7) is 9.77. The van der Waals surface area contributed by atoms with Gasteiger partial charge in [0.2, 0.25) is 5.91 Å². The predicted molar refractivity (Wildman–Crippen MR) is 137 cm³/mol. The first-order valence-corrected chi connectivity index (χ1v) is 12.3. The van der Waals surface area contributed by atoms with Crippen LogP contribution in [-0.4, -0.2) is 42.6 Å². The lowest BCUT2D eigenvalue weighted by Crippen LogP contribution is -2.38. The minimum Gasteiger partial charge on any atom is -0.312 e.